The fourth-order valence-corrected chi connectivity index (χ4v) is 3.13. The van der Waals surface area contributed by atoms with Crippen molar-refractivity contribution in [1.82, 2.24) is 9.38 Å². The fourth-order valence-electron chi connectivity index (χ4n) is 3.13. The van der Waals surface area contributed by atoms with Gasteiger partial charge < -0.3 is 10.6 Å². The van der Waals surface area contributed by atoms with Gasteiger partial charge in [-0.2, -0.15) is 5.26 Å². The lowest BCUT2D eigenvalue weighted by Crippen LogP contribution is -2.17. The molecule has 146 valence electrons. The number of aromatic nitrogens is 2. The van der Waals surface area contributed by atoms with Gasteiger partial charge in [0.1, 0.15) is 6.07 Å². The van der Waals surface area contributed by atoms with E-state index in [1.54, 1.807) is 59.1 Å². The Bertz CT molecular complexity index is 1320. The topological polar surface area (TPSA) is 99.3 Å². The smallest absolute Gasteiger partial charge is 0.292 e. The molecule has 4 rings (SSSR count). The number of pyridine rings is 1. The minimum Gasteiger partial charge on any atom is -0.319 e. The highest BCUT2D eigenvalue weighted by Crippen LogP contribution is 2.20. The molecule has 0 aliphatic carbocycles. The van der Waals surface area contributed by atoms with Gasteiger partial charge in [0.2, 0.25) is 5.82 Å². The quantitative estimate of drug-likeness (QED) is 0.545. The Balaban J connectivity index is 1.70. The van der Waals surface area contributed by atoms with Crippen molar-refractivity contribution in [1.29, 1.82) is 5.26 Å². The van der Waals surface area contributed by atoms with Crippen molar-refractivity contribution in [2.24, 2.45) is 0 Å². The molecule has 7 nitrogen and oxygen atoms in total. The number of nitriles is 1. The zero-order chi connectivity index (χ0) is 21.1. The number of benzene rings is 2. The van der Waals surface area contributed by atoms with Gasteiger partial charge in [0.15, 0.2) is 5.69 Å². The summed E-state index contributed by atoms with van der Waals surface area (Å²) in [7, 11) is 0. The molecule has 0 saturated carbocycles. The summed E-state index contributed by atoms with van der Waals surface area (Å²) in [6.07, 6.45) is 1.68. The number of nitrogens with one attached hydrogen (secondary N) is 2. The lowest BCUT2D eigenvalue weighted by Gasteiger charge is -2.07. The number of aryl methyl sites for hydroxylation is 1. The van der Waals surface area contributed by atoms with Crippen LogP contribution in [0.1, 0.15) is 32.2 Å². The Morgan fingerprint density at radius 3 is 2.33 bits per heavy atom. The van der Waals surface area contributed by atoms with E-state index in [1.165, 1.54) is 0 Å². The van der Waals surface area contributed by atoms with Crippen LogP contribution < -0.4 is 10.6 Å². The number of anilines is 2. The molecule has 0 unspecified atom stereocenters. The lowest BCUT2D eigenvalue weighted by molar-refractivity contribution is 0.101. The van der Waals surface area contributed by atoms with Crippen LogP contribution in [0.5, 0.6) is 0 Å². The number of rotatable bonds is 4. The molecule has 0 radical (unpaired) electrons. The molecule has 2 aromatic heterocycles. The third-order valence-corrected chi connectivity index (χ3v) is 4.66. The third kappa shape index (κ3) is 3.50. The fraction of sp³-hybridized carbons (Fsp3) is 0.0435. The highest BCUT2D eigenvalue weighted by Gasteiger charge is 2.22. The van der Waals surface area contributed by atoms with E-state index >= 15 is 0 Å². The van der Waals surface area contributed by atoms with Crippen molar-refractivity contribution >= 4 is 28.7 Å². The Kier molecular flexibility index (Phi) is 4.97. The number of carbonyl (C=O) groups excluding carboxylic acids is 2. The normalized spacial score (nSPS) is 10.4. The van der Waals surface area contributed by atoms with Crippen LogP contribution in [-0.4, -0.2) is 21.2 Å². The summed E-state index contributed by atoms with van der Waals surface area (Å²) in [6.45, 7) is 1.89. The molecule has 0 fully saturated rings. The molecule has 2 amide bonds. The summed E-state index contributed by atoms with van der Waals surface area (Å²) < 4.78 is 1.57. The van der Waals surface area contributed by atoms with Crippen LogP contribution in [0.25, 0.3) is 5.52 Å². The van der Waals surface area contributed by atoms with Crippen LogP contribution in [0.2, 0.25) is 0 Å². The van der Waals surface area contributed by atoms with E-state index in [-0.39, 0.29) is 11.5 Å². The second kappa shape index (κ2) is 7.89. The first-order valence-electron chi connectivity index (χ1n) is 9.23. The second-order valence-electron chi connectivity index (χ2n) is 6.62. The van der Waals surface area contributed by atoms with Crippen molar-refractivity contribution in [3.05, 3.63) is 95.6 Å². The number of hydrogen-bond donors (Lipinski definition) is 2. The summed E-state index contributed by atoms with van der Waals surface area (Å²) in [6, 6.07) is 21.4. The van der Waals surface area contributed by atoms with Crippen molar-refractivity contribution < 1.29 is 9.59 Å². The molecule has 30 heavy (non-hydrogen) atoms. The second-order valence-corrected chi connectivity index (χ2v) is 6.62. The molecule has 2 heterocycles. The van der Waals surface area contributed by atoms with Gasteiger partial charge >= 0.3 is 0 Å². The van der Waals surface area contributed by atoms with Gasteiger partial charge in [-0.05, 0) is 42.8 Å². The zero-order valence-electron chi connectivity index (χ0n) is 16.1. The summed E-state index contributed by atoms with van der Waals surface area (Å²) in [5.74, 6) is -0.842. The average molecular weight is 395 g/mol. The monoisotopic (exact) mass is 395 g/mol. The van der Waals surface area contributed by atoms with E-state index in [9.17, 15) is 14.9 Å². The van der Waals surface area contributed by atoms with Crippen molar-refractivity contribution in [3.63, 3.8) is 0 Å². The Morgan fingerprint density at radius 2 is 1.57 bits per heavy atom. The minimum absolute atomic E-state index is 0.0903. The molecule has 0 atom stereocenters. The van der Waals surface area contributed by atoms with Gasteiger partial charge in [-0.1, -0.05) is 36.4 Å². The van der Waals surface area contributed by atoms with Crippen LogP contribution in [0.15, 0.2) is 72.9 Å². The maximum absolute atomic E-state index is 12.9. The van der Waals surface area contributed by atoms with Crippen LogP contribution in [0, 0.1) is 18.3 Å². The summed E-state index contributed by atoms with van der Waals surface area (Å²) in [5, 5.41) is 14.8. The Labute approximate surface area is 172 Å². The Hall–Kier alpha value is -4.44. The van der Waals surface area contributed by atoms with Gasteiger partial charge in [-0.25, -0.2) is 4.98 Å². The first-order chi connectivity index (χ1) is 14.6. The SMILES string of the molecule is Cc1ccccc1NC(=O)c1nc(C(=O)Nc2ccccc2C#N)c2ccccn12. The van der Waals surface area contributed by atoms with Crippen molar-refractivity contribution in [2.75, 3.05) is 10.6 Å². The minimum atomic E-state index is -0.503. The van der Waals surface area contributed by atoms with Crippen LogP contribution in [0.4, 0.5) is 11.4 Å². The summed E-state index contributed by atoms with van der Waals surface area (Å²) >= 11 is 0. The number of fused-ring (bicyclic) bond motifs is 1. The highest BCUT2D eigenvalue weighted by atomic mass is 16.2. The van der Waals surface area contributed by atoms with Gasteiger partial charge in [0.25, 0.3) is 11.8 Å². The van der Waals surface area contributed by atoms with E-state index in [4.69, 9.17) is 0 Å². The highest BCUT2D eigenvalue weighted by molar-refractivity contribution is 6.10. The largest absolute Gasteiger partial charge is 0.319 e. The van der Waals surface area contributed by atoms with Crippen LogP contribution >= 0.6 is 0 Å². The van der Waals surface area contributed by atoms with E-state index in [0.29, 0.717) is 22.5 Å². The third-order valence-electron chi connectivity index (χ3n) is 4.66. The standard InChI is InChI=1S/C23H17N5O2/c1-15-8-2-4-10-17(15)25-23(30)21-27-20(19-12-6-7-13-28(19)21)22(29)26-18-11-5-3-9-16(18)14-24/h2-13H,1H3,(H,25,30)(H,26,29). The van der Waals surface area contributed by atoms with Gasteiger partial charge in [0, 0.05) is 11.9 Å². The predicted molar refractivity (Wildman–Crippen MR) is 113 cm³/mol. The lowest BCUT2D eigenvalue weighted by atomic mass is 10.2. The number of carbonyl (C=O) groups is 2. The van der Waals surface area contributed by atoms with Gasteiger partial charge in [-0.15, -0.1) is 0 Å². The molecule has 2 N–H and O–H groups in total. The van der Waals surface area contributed by atoms with E-state index in [0.717, 1.165) is 5.56 Å². The predicted octanol–water partition coefficient (Wildman–Crippen LogP) is 4.02. The average Bonchev–Trinajstić information content (AvgIpc) is 3.16. The van der Waals surface area contributed by atoms with Gasteiger partial charge in [-0.3, -0.25) is 14.0 Å². The Morgan fingerprint density at radius 1 is 0.900 bits per heavy atom. The van der Waals surface area contributed by atoms with Crippen molar-refractivity contribution in [2.45, 2.75) is 6.92 Å². The van der Waals surface area contributed by atoms with Crippen LogP contribution in [0.3, 0.4) is 0 Å². The van der Waals surface area contributed by atoms with Gasteiger partial charge in [0.05, 0.1) is 16.8 Å². The van der Waals surface area contributed by atoms with E-state index < -0.39 is 11.8 Å². The molecule has 0 spiro atoms. The summed E-state index contributed by atoms with van der Waals surface area (Å²) in [5.41, 5.74) is 2.89. The molecule has 0 aliphatic heterocycles. The first-order valence-corrected chi connectivity index (χ1v) is 9.23. The maximum atomic E-state index is 12.9. The van der Waals surface area contributed by atoms with E-state index in [2.05, 4.69) is 15.6 Å². The molecule has 0 saturated heterocycles. The first kappa shape index (κ1) is 18.9. The van der Waals surface area contributed by atoms with Crippen LogP contribution in [-0.2, 0) is 0 Å². The number of hydrogen-bond acceptors (Lipinski definition) is 4. The maximum Gasteiger partial charge on any atom is 0.292 e. The van der Waals surface area contributed by atoms with Crippen molar-refractivity contribution in [3.8, 4) is 6.07 Å². The summed E-state index contributed by atoms with van der Waals surface area (Å²) in [4.78, 5) is 30.1. The van der Waals surface area contributed by atoms with E-state index in [1.807, 2.05) is 31.2 Å². The number of nitrogens with zero attached hydrogens (tertiary/aromatic N) is 3. The molecular formula is C23H17N5O2. The zero-order valence-corrected chi connectivity index (χ0v) is 16.1. The number of amides is 2. The molecule has 7 heteroatoms. The molecule has 0 bridgehead atoms. The number of para-hydroxylation sites is 2. The molecule has 0 aliphatic rings. The molecular weight excluding hydrogens is 378 g/mol. The molecule has 4 aromatic rings. The molecule has 2 aromatic carbocycles. The number of imidazole rings is 1.